The predicted molar refractivity (Wildman–Crippen MR) is 153 cm³/mol. The molecular weight excluding hydrogens is 582 g/mol. The number of carbonyl (C=O) groups excluding carboxylic acids is 3. The van der Waals surface area contributed by atoms with Gasteiger partial charge in [0, 0.05) is 36.7 Å². The van der Waals surface area contributed by atoms with Crippen molar-refractivity contribution in [1.29, 1.82) is 0 Å². The minimum Gasteiger partial charge on any atom is -0.454 e. The molecule has 5 rings (SSSR count). The van der Waals surface area contributed by atoms with Gasteiger partial charge in [-0.3, -0.25) is 14.5 Å². The van der Waals surface area contributed by atoms with Crippen LogP contribution in [0.4, 0.5) is 33.9 Å². The monoisotopic (exact) mass is 613 g/mol. The van der Waals surface area contributed by atoms with Crippen molar-refractivity contribution in [3.05, 3.63) is 77.2 Å². The summed E-state index contributed by atoms with van der Waals surface area (Å²) in [5, 5.41) is 2.71. The lowest BCUT2D eigenvalue weighted by Crippen LogP contribution is -2.24. The first-order valence-corrected chi connectivity index (χ1v) is 14.4. The summed E-state index contributed by atoms with van der Waals surface area (Å²) in [6.45, 7) is 1.79. The van der Waals surface area contributed by atoms with Crippen LogP contribution in [0, 0.1) is 11.7 Å². The van der Waals surface area contributed by atoms with Gasteiger partial charge in [-0.1, -0.05) is 6.07 Å². The number of nitrogens with one attached hydrogen (secondary N) is 1. The SMILES string of the molecule is CC1CN(c2cc(CCC(=O)CCCc3ccc(Oc4ccnc(NC(=O)C5CC5)c4)c(F)c3)cc(C(F)(F)F)c2)C(=O)O1. The van der Waals surface area contributed by atoms with E-state index in [-0.39, 0.29) is 54.9 Å². The average molecular weight is 614 g/mol. The zero-order valence-electron chi connectivity index (χ0n) is 24.0. The highest BCUT2D eigenvalue weighted by molar-refractivity contribution is 5.93. The molecule has 44 heavy (non-hydrogen) atoms. The second-order valence-corrected chi connectivity index (χ2v) is 11.1. The molecule has 1 saturated heterocycles. The van der Waals surface area contributed by atoms with Gasteiger partial charge in [0.2, 0.25) is 5.91 Å². The van der Waals surface area contributed by atoms with Crippen LogP contribution in [0.3, 0.4) is 0 Å². The fraction of sp³-hybridized carbons (Fsp3) is 0.375. The van der Waals surface area contributed by atoms with Gasteiger partial charge in [0.15, 0.2) is 11.6 Å². The molecule has 12 heteroatoms. The Bertz CT molecular complexity index is 1560. The summed E-state index contributed by atoms with van der Waals surface area (Å²) in [7, 11) is 0. The number of hydrogen-bond acceptors (Lipinski definition) is 6. The Morgan fingerprint density at radius 2 is 1.84 bits per heavy atom. The lowest BCUT2D eigenvalue weighted by Gasteiger charge is -2.17. The summed E-state index contributed by atoms with van der Waals surface area (Å²) in [5.74, 6) is -0.197. The van der Waals surface area contributed by atoms with E-state index in [1.54, 1.807) is 19.1 Å². The molecule has 2 aromatic carbocycles. The van der Waals surface area contributed by atoms with Crippen molar-refractivity contribution in [2.24, 2.45) is 5.92 Å². The number of ether oxygens (including phenoxy) is 2. The molecule has 2 aliphatic rings. The van der Waals surface area contributed by atoms with Crippen molar-refractivity contribution in [3.8, 4) is 11.5 Å². The van der Waals surface area contributed by atoms with E-state index in [4.69, 9.17) is 9.47 Å². The van der Waals surface area contributed by atoms with E-state index < -0.39 is 29.8 Å². The highest BCUT2D eigenvalue weighted by atomic mass is 19.4. The fourth-order valence-electron chi connectivity index (χ4n) is 4.88. The Balaban J connectivity index is 1.12. The van der Waals surface area contributed by atoms with E-state index in [2.05, 4.69) is 10.3 Å². The number of cyclic esters (lactones) is 1. The van der Waals surface area contributed by atoms with Gasteiger partial charge in [-0.15, -0.1) is 0 Å². The number of aryl methyl sites for hydroxylation is 2. The van der Waals surface area contributed by atoms with Crippen LogP contribution >= 0.6 is 0 Å². The van der Waals surface area contributed by atoms with Gasteiger partial charge in [-0.2, -0.15) is 13.2 Å². The summed E-state index contributed by atoms with van der Waals surface area (Å²) in [4.78, 5) is 41.8. The number of alkyl halides is 3. The summed E-state index contributed by atoms with van der Waals surface area (Å²) in [5.41, 5.74) is 0.128. The third-order valence-corrected chi connectivity index (χ3v) is 7.35. The number of pyridine rings is 1. The normalized spacial score (nSPS) is 16.5. The van der Waals surface area contributed by atoms with Crippen molar-refractivity contribution in [1.82, 2.24) is 4.98 Å². The first kappa shape index (κ1) is 31.0. The van der Waals surface area contributed by atoms with E-state index in [9.17, 15) is 31.9 Å². The summed E-state index contributed by atoms with van der Waals surface area (Å²) in [6, 6.07) is 10.9. The largest absolute Gasteiger partial charge is 0.454 e. The smallest absolute Gasteiger partial charge is 0.416 e. The third-order valence-electron chi connectivity index (χ3n) is 7.35. The van der Waals surface area contributed by atoms with Crippen molar-refractivity contribution in [3.63, 3.8) is 0 Å². The number of aromatic nitrogens is 1. The van der Waals surface area contributed by atoms with Crippen LogP contribution in [0.2, 0.25) is 0 Å². The van der Waals surface area contributed by atoms with Gasteiger partial charge >= 0.3 is 12.3 Å². The Kier molecular flexibility index (Phi) is 9.17. The van der Waals surface area contributed by atoms with Gasteiger partial charge in [0.05, 0.1) is 12.1 Å². The van der Waals surface area contributed by atoms with Crippen LogP contribution in [0.1, 0.15) is 55.7 Å². The fourth-order valence-corrected chi connectivity index (χ4v) is 4.88. The Hall–Kier alpha value is -4.48. The minimum atomic E-state index is -4.62. The van der Waals surface area contributed by atoms with Crippen LogP contribution < -0.4 is 15.0 Å². The topological polar surface area (TPSA) is 97.8 Å². The van der Waals surface area contributed by atoms with Gasteiger partial charge in [0.25, 0.3) is 0 Å². The van der Waals surface area contributed by atoms with Gasteiger partial charge in [0.1, 0.15) is 23.5 Å². The van der Waals surface area contributed by atoms with Gasteiger partial charge in [-0.05, 0) is 86.6 Å². The molecule has 0 spiro atoms. The number of hydrogen-bond donors (Lipinski definition) is 1. The molecule has 1 aromatic heterocycles. The first-order valence-electron chi connectivity index (χ1n) is 14.4. The number of rotatable bonds is 12. The number of nitrogens with zero attached hydrogens (tertiary/aromatic N) is 2. The lowest BCUT2D eigenvalue weighted by molar-refractivity contribution is -0.137. The van der Waals surface area contributed by atoms with Gasteiger partial charge in [-0.25, -0.2) is 14.2 Å². The van der Waals surface area contributed by atoms with Crippen LogP contribution in [0.25, 0.3) is 0 Å². The van der Waals surface area contributed by atoms with Crippen molar-refractivity contribution in [2.45, 2.75) is 64.1 Å². The van der Waals surface area contributed by atoms with E-state index in [0.29, 0.717) is 35.5 Å². The van der Waals surface area contributed by atoms with E-state index in [0.717, 1.165) is 29.9 Å². The number of Topliss-reactive ketones (excluding diaryl/α,β-unsaturated/α-hetero) is 1. The standard InChI is InChI=1S/C32H31F4N3O5/c1-19-18-39(31(42)43-19)24-14-21(13-23(16-24)32(34,35)36)5-9-25(40)4-2-3-20-6-10-28(27(33)15-20)44-26-11-12-37-29(17-26)38-30(41)22-7-8-22/h6,10-17,19,22H,2-5,7-9,18H2,1H3,(H,37,38,41). The zero-order valence-corrected chi connectivity index (χ0v) is 24.0. The molecule has 0 radical (unpaired) electrons. The molecule has 8 nitrogen and oxygen atoms in total. The molecule has 1 aliphatic heterocycles. The molecule has 1 atom stereocenters. The molecule has 2 fully saturated rings. The molecule has 1 aliphatic carbocycles. The molecule has 0 bridgehead atoms. The van der Waals surface area contributed by atoms with Crippen LogP contribution in [-0.4, -0.2) is 35.4 Å². The maximum atomic E-state index is 14.8. The second kappa shape index (κ2) is 13.0. The van der Waals surface area contributed by atoms with Crippen LogP contribution in [0.15, 0.2) is 54.7 Å². The number of halogens is 4. The molecule has 232 valence electrons. The quantitative estimate of drug-likeness (QED) is 0.216. The summed E-state index contributed by atoms with van der Waals surface area (Å²) in [6.07, 6.45) is -1.49. The number of carbonyl (C=O) groups is 3. The Morgan fingerprint density at radius 3 is 2.52 bits per heavy atom. The van der Waals surface area contributed by atoms with Gasteiger partial charge < -0.3 is 14.8 Å². The first-order chi connectivity index (χ1) is 20.9. The number of amides is 2. The number of benzene rings is 2. The van der Waals surface area contributed by atoms with Crippen molar-refractivity contribution >= 4 is 29.3 Å². The molecule has 1 N–H and O–H groups in total. The highest BCUT2D eigenvalue weighted by Gasteiger charge is 2.35. The van der Waals surface area contributed by atoms with E-state index in [1.165, 1.54) is 30.5 Å². The molecule has 1 saturated carbocycles. The maximum absolute atomic E-state index is 14.8. The predicted octanol–water partition coefficient (Wildman–Crippen LogP) is 7.25. The molecular formula is C32H31F4N3O5. The second-order valence-electron chi connectivity index (χ2n) is 11.1. The molecule has 2 amide bonds. The zero-order chi connectivity index (χ0) is 31.4. The number of anilines is 2. The molecule has 3 aromatic rings. The molecule has 1 unspecified atom stereocenters. The van der Waals surface area contributed by atoms with Crippen LogP contribution in [-0.2, 0) is 33.3 Å². The summed E-state index contributed by atoms with van der Waals surface area (Å²) < 4.78 is 66.0. The van der Waals surface area contributed by atoms with E-state index in [1.807, 2.05) is 0 Å². The lowest BCUT2D eigenvalue weighted by atomic mass is 10.00. The van der Waals surface area contributed by atoms with Crippen LogP contribution in [0.5, 0.6) is 11.5 Å². The Labute approximate surface area is 251 Å². The number of ketones is 1. The summed E-state index contributed by atoms with van der Waals surface area (Å²) >= 11 is 0. The third kappa shape index (κ3) is 8.12. The highest BCUT2D eigenvalue weighted by Crippen LogP contribution is 2.35. The molecule has 2 heterocycles. The minimum absolute atomic E-state index is 0.00685. The van der Waals surface area contributed by atoms with E-state index >= 15 is 0 Å². The van der Waals surface area contributed by atoms with Crippen molar-refractivity contribution in [2.75, 3.05) is 16.8 Å². The maximum Gasteiger partial charge on any atom is 0.416 e. The average Bonchev–Trinajstić information content (AvgIpc) is 3.76. The Morgan fingerprint density at radius 1 is 1.05 bits per heavy atom. The van der Waals surface area contributed by atoms with Crippen molar-refractivity contribution < 1.29 is 41.4 Å².